The molecule has 5 nitrogen and oxygen atoms in total. The number of hydrogen-bond acceptors (Lipinski definition) is 5. The van der Waals surface area contributed by atoms with Crippen molar-refractivity contribution in [2.75, 3.05) is 5.75 Å². The van der Waals surface area contributed by atoms with E-state index in [-0.39, 0.29) is 11.9 Å². The van der Waals surface area contributed by atoms with Gasteiger partial charge < -0.3 is 5.32 Å². The van der Waals surface area contributed by atoms with Crippen molar-refractivity contribution < 1.29 is 4.79 Å². The lowest BCUT2D eigenvalue weighted by atomic mass is 10.3. The molecule has 4 rings (SSSR count). The normalized spacial score (nSPS) is 15.0. The monoisotopic (exact) mass is 384 g/mol. The molecule has 1 aliphatic carbocycles. The summed E-state index contributed by atoms with van der Waals surface area (Å²) in [5, 5.41) is 10.3. The predicted molar refractivity (Wildman–Crippen MR) is 105 cm³/mol. The van der Waals surface area contributed by atoms with Crippen LogP contribution >= 0.6 is 23.1 Å². The summed E-state index contributed by atoms with van der Waals surface area (Å²) >= 11 is 3.04. The third-order valence-corrected chi connectivity index (χ3v) is 6.13. The topological polar surface area (TPSA) is 59.8 Å². The van der Waals surface area contributed by atoms with Gasteiger partial charge in [-0.3, -0.25) is 4.79 Å². The van der Waals surface area contributed by atoms with E-state index >= 15 is 0 Å². The molecule has 3 aromatic rings. The second kappa shape index (κ2) is 7.63. The fraction of sp³-hybridized carbons (Fsp3) is 0.316. The number of nitrogens with zero attached hydrogens (tertiary/aromatic N) is 3. The van der Waals surface area contributed by atoms with Gasteiger partial charge in [0.2, 0.25) is 11.1 Å². The minimum Gasteiger partial charge on any atom is -0.348 e. The number of carbonyl (C=O) groups is 1. The van der Waals surface area contributed by atoms with E-state index in [0.717, 1.165) is 29.2 Å². The molecule has 1 amide bonds. The highest BCUT2D eigenvalue weighted by atomic mass is 32.2. The Balaban J connectivity index is 1.41. The fourth-order valence-corrected chi connectivity index (χ4v) is 4.13. The van der Waals surface area contributed by atoms with E-state index in [1.807, 2.05) is 59.5 Å². The van der Waals surface area contributed by atoms with E-state index in [2.05, 4.69) is 15.4 Å². The molecule has 1 aliphatic rings. The van der Waals surface area contributed by atoms with Crippen molar-refractivity contribution in [3.63, 3.8) is 0 Å². The number of aromatic nitrogens is 3. The highest BCUT2D eigenvalue weighted by Gasteiger charge is 2.30. The van der Waals surface area contributed by atoms with Crippen LogP contribution in [0, 0.1) is 0 Å². The molecule has 26 heavy (non-hydrogen) atoms. The molecular weight excluding hydrogens is 364 g/mol. The van der Waals surface area contributed by atoms with Crippen LogP contribution in [0.4, 0.5) is 0 Å². The molecule has 7 heteroatoms. The zero-order valence-electron chi connectivity index (χ0n) is 14.5. The summed E-state index contributed by atoms with van der Waals surface area (Å²) in [5.74, 6) is 1.81. The summed E-state index contributed by atoms with van der Waals surface area (Å²) in [4.78, 5) is 18.1. The SMILES string of the molecule is CC(NC(=O)CSc1nc(C2CC2)n(-c2ccccc2)n1)c1cccs1. The van der Waals surface area contributed by atoms with Gasteiger partial charge in [0.1, 0.15) is 5.82 Å². The van der Waals surface area contributed by atoms with Gasteiger partial charge in [0.05, 0.1) is 17.5 Å². The molecule has 0 spiro atoms. The molecule has 2 aromatic heterocycles. The standard InChI is InChI=1S/C19H20N4OS2/c1-13(16-8-5-11-25-16)20-17(24)12-26-19-21-18(14-9-10-14)23(22-19)15-6-3-2-4-7-15/h2-8,11,13-14H,9-10,12H2,1H3,(H,20,24). The van der Waals surface area contributed by atoms with E-state index in [1.54, 1.807) is 11.3 Å². The summed E-state index contributed by atoms with van der Waals surface area (Å²) in [5.41, 5.74) is 1.02. The largest absolute Gasteiger partial charge is 0.348 e. The van der Waals surface area contributed by atoms with Gasteiger partial charge in [0, 0.05) is 10.8 Å². The minimum atomic E-state index is -0.0000620. The number of nitrogens with one attached hydrogen (secondary N) is 1. The molecule has 1 atom stereocenters. The third-order valence-electron chi connectivity index (χ3n) is 4.24. The van der Waals surface area contributed by atoms with Crippen LogP contribution in [0.25, 0.3) is 5.69 Å². The molecule has 1 saturated carbocycles. The maximum atomic E-state index is 12.2. The van der Waals surface area contributed by atoms with Gasteiger partial charge in [-0.25, -0.2) is 9.67 Å². The van der Waals surface area contributed by atoms with E-state index in [0.29, 0.717) is 16.8 Å². The van der Waals surface area contributed by atoms with Crippen molar-refractivity contribution >= 4 is 29.0 Å². The van der Waals surface area contributed by atoms with Crippen LogP contribution in [0.5, 0.6) is 0 Å². The van der Waals surface area contributed by atoms with E-state index in [9.17, 15) is 4.79 Å². The minimum absolute atomic E-state index is 0.0000620. The average Bonchev–Trinajstić information content (AvgIpc) is 3.19. The van der Waals surface area contributed by atoms with E-state index in [4.69, 9.17) is 0 Å². The lowest BCUT2D eigenvalue weighted by Crippen LogP contribution is -2.27. The number of benzene rings is 1. The second-order valence-corrected chi connectivity index (χ2v) is 8.29. The Morgan fingerprint density at radius 2 is 2.12 bits per heavy atom. The number of thioether (sulfide) groups is 1. The molecule has 134 valence electrons. The molecule has 1 N–H and O–H groups in total. The summed E-state index contributed by atoms with van der Waals surface area (Å²) in [6, 6.07) is 14.1. The van der Waals surface area contributed by atoms with Crippen LogP contribution in [0.1, 0.15) is 42.4 Å². The molecule has 0 bridgehead atoms. The predicted octanol–water partition coefficient (Wildman–Crippen LogP) is 4.18. The Morgan fingerprint density at radius 3 is 2.81 bits per heavy atom. The Bertz CT molecular complexity index is 872. The number of carbonyl (C=O) groups excluding carboxylic acids is 1. The van der Waals surface area contributed by atoms with Gasteiger partial charge in [-0.05, 0) is 43.3 Å². The number of hydrogen-bond donors (Lipinski definition) is 1. The van der Waals surface area contributed by atoms with Gasteiger partial charge in [-0.1, -0.05) is 36.0 Å². The first-order valence-electron chi connectivity index (χ1n) is 8.68. The summed E-state index contributed by atoms with van der Waals surface area (Å²) in [7, 11) is 0. The Morgan fingerprint density at radius 1 is 1.31 bits per heavy atom. The van der Waals surface area contributed by atoms with Crippen LogP contribution in [0.2, 0.25) is 0 Å². The molecule has 1 aromatic carbocycles. The maximum Gasteiger partial charge on any atom is 0.230 e. The quantitative estimate of drug-likeness (QED) is 0.621. The zero-order chi connectivity index (χ0) is 17.9. The number of amides is 1. The van der Waals surface area contributed by atoms with E-state index in [1.165, 1.54) is 11.8 Å². The van der Waals surface area contributed by atoms with Gasteiger partial charge in [-0.15, -0.1) is 16.4 Å². The molecule has 1 fully saturated rings. The molecule has 1 unspecified atom stereocenters. The van der Waals surface area contributed by atoms with Crippen LogP contribution in [0.3, 0.4) is 0 Å². The number of rotatable bonds is 7. The van der Waals surface area contributed by atoms with Crippen molar-refractivity contribution in [3.05, 3.63) is 58.5 Å². The lowest BCUT2D eigenvalue weighted by molar-refractivity contribution is -0.119. The molecule has 0 aliphatic heterocycles. The highest BCUT2D eigenvalue weighted by Crippen LogP contribution is 2.40. The smallest absolute Gasteiger partial charge is 0.230 e. The van der Waals surface area contributed by atoms with Crippen molar-refractivity contribution in [3.8, 4) is 5.69 Å². The fourth-order valence-electron chi connectivity index (χ4n) is 2.75. The zero-order valence-corrected chi connectivity index (χ0v) is 16.1. The third kappa shape index (κ3) is 3.99. The Kier molecular flexibility index (Phi) is 5.08. The number of para-hydroxylation sites is 1. The van der Waals surface area contributed by atoms with Crippen molar-refractivity contribution in [2.45, 2.75) is 36.9 Å². The van der Waals surface area contributed by atoms with Crippen molar-refractivity contribution in [2.24, 2.45) is 0 Å². The number of thiophene rings is 1. The van der Waals surface area contributed by atoms with Crippen molar-refractivity contribution in [1.29, 1.82) is 0 Å². The molecular formula is C19H20N4OS2. The molecule has 0 saturated heterocycles. The first kappa shape index (κ1) is 17.3. The van der Waals surface area contributed by atoms with E-state index < -0.39 is 0 Å². The first-order chi connectivity index (χ1) is 12.7. The highest BCUT2D eigenvalue weighted by molar-refractivity contribution is 7.99. The van der Waals surface area contributed by atoms with Gasteiger partial charge >= 0.3 is 0 Å². The van der Waals surface area contributed by atoms with Crippen LogP contribution in [-0.4, -0.2) is 26.4 Å². The molecule has 0 radical (unpaired) electrons. The van der Waals surface area contributed by atoms with Crippen molar-refractivity contribution in [1.82, 2.24) is 20.1 Å². The van der Waals surface area contributed by atoms with Gasteiger partial charge in [0.15, 0.2) is 0 Å². The van der Waals surface area contributed by atoms with Crippen LogP contribution < -0.4 is 5.32 Å². The molecule has 2 heterocycles. The van der Waals surface area contributed by atoms with Crippen LogP contribution in [0.15, 0.2) is 53.0 Å². The summed E-state index contributed by atoms with van der Waals surface area (Å²) < 4.78 is 1.92. The second-order valence-electron chi connectivity index (χ2n) is 6.37. The first-order valence-corrected chi connectivity index (χ1v) is 10.5. The Hall–Kier alpha value is -2.12. The average molecular weight is 385 g/mol. The van der Waals surface area contributed by atoms with Gasteiger partial charge in [-0.2, -0.15) is 0 Å². The summed E-state index contributed by atoms with van der Waals surface area (Å²) in [6.07, 6.45) is 2.32. The summed E-state index contributed by atoms with van der Waals surface area (Å²) in [6.45, 7) is 2.00. The Labute approximate surface area is 160 Å². The lowest BCUT2D eigenvalue weighted by Gasteiger charge is -2.11. The maximum absolute atomic E-state index is 12.2. The van der Waals surface area contributed by atoms with Gasteiger partial charge in [0.25, 0.3) is 0 Å². The van der Waals surface area contributed by atoms with Crippen LogP contribution in [-0.2, 0) is 4.79 Å².